The summed E-state index contributed by atoms with van der Waals surface area (Å²) in [4.78, 5) is 16.2. The second-order valence-corrected chi connectivity index (χ2v) is 1.60. The van der Waals surface area contributed by atoms with Crippen LogP contribution in [0.4, 0.5) is 0 Å². The van der Waals surface area contributed by atoms with Gasteiger partial charge in [0.25, 0.3) is 0 Å². The summed E-state index contributed by atoms with van der Waals surface area (Å²) < 4.78 is 0. The zero-order chi connectivity index (χ0) is 5.98. The number of rotatable bonds is 0. The van der Waals surface area contributed by atoms with Gasteiger partial charge in [-0.2, -0.15) is 0 Å². The molecule has 0 bridgehead atoms. The van der Waals surface area contributed by atoms with Crippen LogP contribution in [0.15, 0.2) is 17.2 Å². The lowest BCUT2D eigenvalue weighted by molar-refractivity contribution is 1.05. The molecule has 0 aliphatic carbocycles. The van der Waals surface area contributed by atoms with Gasteiger partial charge >= 0.3 is 5.69 Å². The highest BCUT2D eigenvalue weighted by atomic mass is 35.5. The van der Waals surface area contributed by atoms with Crippen LogP contribution < -0.4 is 5.69 Å². The van der Waals surface area contributed by atoms with Crippen molar-refractivity contribution in [1.29, 1.82) is 0 Å². The first-order chi connectivity index (χ1) is 3.79. The fourth-order valence-corrected chi connectivity index (χ4v) is 0.411. The Morgan fingerprint density at radius 2 is 2.33 bits per heavy atom. The van der Waals surface area contributed by atoms with E-state index in [0.29, 0.717) is 0 Å². The van der Waals surface area contributed by atoms with Crippen molar-refractivity contribution in [3.05, 3.63) is 28.4 Å². The summed E-state index contributed by atoms with van der Waals surface area (Å²) >= 11 is 0. The Morgan fingerprint density at radius 3 is 2.67 bits per heavy atom. The predicted molar refractivity (Wildman–Crippen MR) is 36.8 cm³/mol. The summed E-state index contributed by atoms with van der Waals surface area (Å²) in [6.07, 6.45) is 3.15. The van der Waals surface area contributed by atoms with Crippen molar-refractivity contribution in [2.24, 2.45) is 0 Å². The van der Waals surface area contributed by atoms with E-state index in [9.17, 15) is 4.79 Å². The fourth-order valence-electron chi connectivity index (χ4n) is 0.411. The molecule has 0 amide bonds. The number of aryl methyl sites for hydroxylation is 1. The van der Waals surface area contributed by atoms with Crippen LogP contribution in [0.3, 0.4) is 0 Å². The molecule has 0 saturated carbocycles. The van der Waals surface area contributed by atoms with E-state index in [4.69, 9.17) is 0 Å². The highest BCUT2D eigenvalue weighted by Gasteiger charge is 1.80. The molecule has 0 spiro atoms. The molecule has 0 unspecified atom stereocenters. The quantitative estimate of drug-likeness (QED) is 0.580. The Morgan fingerprint density at radius 1 is 1.67 bits per heavy atom. The number of nitrogens with zero attached hydrogens (tertiary/aromatic N) is 1. The fraction of sp³-hybridized carbons (Fsp3) is 0.200. The van der Waals surface area contributed by atoms with Gasteiger partial charge in [-0.25, -0.2) is 9.78 Å². The van der Waals surface area contributed by atoms with Crippen molar-refractivity contribution in [2.75, 3.05) is 0 Å². The molecule has 1 aromatic heterocycles. The summed E-state index contributed by atoms with van der Waals surface area (Å²) in [7, 11) is 0. The highest BCUT2D eigenvalue weighted by Crippen LogP contribution is 1.81. The van der Waals surface area contributed by atoms with Gasteiger partial charge in [-0.3, -0.25) is 0 Å². The molecule has 3 nitrogen and oxygen atoms in total. The summed E-state index contributed by atoms with van der Waals surface area (Å²) in [5.41, 5.74) is 0.667. The van der Waals surface area contributed by atoms with Gasteiger partial charge in [0.1, 0.15) is 0 Å². The SMILES string of the molecule is Cc1cnc(=O)[nH]c1.Cl. The molecule has 1 N–H and O–H groups in total. The van der Waals surface area contributed by atoms with Gasteiger partial charge in [-0.05, 0) is 12.5 Å². The maximum Gasteiger partial charge on any atom is 0.344 e. The second-order valence-electron chi connectivity index (χ2n) is 1.60. The Kier molecular flexibility index (Phi) is 2.95. The number of hydrogen-bond acceptors (Lipinski definition) is 2. The molecule has 0 aromatic carbocycles. The third-order valence-corrected chi connectivity index (χ3v) is 0.809. The Labute approximate surface area is 58.6 Å². The zero-order valence-electron chi connectivity index (χ0n) is 4.92. The molecule has 0 fully saturated rings. The number of H-pyrrole nitrogens is 1. The van der Waals surface area contributed by atoms with E-state index < -0.39 is 0 Å². The average molecular weight is 147 g/mol. The van der Waals surface area contributed by atoms with Crippen molar-refractivity contribution >= 4 is 12.4 Å². The molecular weight excluding hydrogens is 140 g/mol. The molecule has 0 radical (unpaired) electrons. The standard InChI is InChI=1S/C5H6N2O.ClH/c1-4-2-6-5(8)7-3-4;/h2-3H,1H3,(H,6,7,8);1H. The van der Waals surface area contributed by atoms with E-state index >= 15 is 0 Å². The first-order valence-electron chi connectivity index (χ1n) is 2.30. The van der Waals surface area contributed by atoms with Crippen LogP contribution in [0, 0.1) is 6.92 Å². The molecule has 9 heavy (non-hydrogen) atoms. The van der Waals surface area contributed by atoms with Gasteiger partial charge in [0.05, 0.1) is 0 Å². The zero-order valence-corrected chi connectivity index (χ0v) is 5.73. The number of halogens is 1. The minimum absolute atomic E-state index is 0. The van der Waals surface area contributed by atoms with Crippen molar-refractivity contribution in [3.8, 4) is 0 Å². The van der Waals surface area contributed by atoms with E-state index in [1.165, 1.54) is 6.20 Å². The summed E-state index contributed by atoms with van der Waals surface area (Å²) in [6.45, 7) is 1.86. The maximum atomic E-state index is 10.3. The second kappa shape index (κ2) is 3.25. The van der Waals surface area contributed by atoms with Crippen LogP contribution in [0.5, 0.6) is 0 Å². The van der Waals surface area contributed by atoms with Gasteiger partial charge in [-0.15, -0.1) is 12.4 Å². The normalized spacial score (nSPS) is 8.11. The monoisotopic (exact) mass is 146 g/mol. The predicted octanol–water partition coefficient (Wildman–Crippen LogP) is 0.500. The minimum atomic E-state index is -0.296. The van der Waals surface area contributed by atoms with Crippen molar-refractivity contribution in [1.82, 2.24) is 9.97 Å². The van der Waals surface area contributed by atoms with E-state index in [1.54, 1.807) is 6.20 Å². The number of aromatic amines is 1. The lowest BCUT2D eigenvalue weighted by Crippen LogP contribution is -2.07. The summed E-state index contributed by atoms with van der Waals surface area (Å²) in [5, 5.41) is 0. The molecular formula is C5H7ClN2O. The van der Waals surface area contributed by atoms with Crippen LogP contribution in [0.2, 0.25) is 0 Å². The number of hydrogen-bond donors (Lipinski definition) is 1. The largest absolute Gasteiger partial charge is 0.344 e. The minimum Gasteiger partial charge on any atom is -0.312 e. The molecule has 1 aromatic rings. The van der Waals surface area contributed by atoms with E-state index in [-0.39, 0.29) is 18.1 Å². The van der Waals surface area contributed by atoms with Crippen molar-refractivity contribution in [2.45, 2.75) is 6.92 Å². The van der Waals surface area contributed by atoms with Crippen LogP contribution >= 0.6 is 12.4 Å². The topological polar surface area (TPSA) is 45.8 Å². The molecule has 0 saturated heterocycles. The molecule has 4 heteroatoms. The highest BCUT2D eigenvalue weighted by molar-refractivity contribution is 5.85. The summed E-state index contributed by atoms with van der Waals surface area (Å²) in [6, 6.07) is 0. The third-order valence-electron chi connectivity index (χ3n) is 0.809. The van der Waals surface area contributed by atoms with E-state index in [2.05, 4.69) is 9.97 Å². The molecule has 1 rings (SSSR count). The van der Waals surface area contributed by atoms with Gasteiger partial charge in [0.15, 0.2) is 0 Å². The number of aromatic nitrogens is 2. The van der Waals surface area contributed by atoms with Crippen LogP contribution in [-0.4, -0.2) is 9.97 Å². The molecule has 0 aliphatic heterocycles. The first kappa shape index (κ1) is 8.17. The third kappa shape index (κ3) is 2.28. The maximum absolute atomic E-state index is 10.3. The smallest absolute Gasteiger partial charge is 0.312 e. The van der Waals surface area contributed by atoms with Gasteiger partial charge < -0.3 is 4.98 Å². The summed E-state index contributed by atoms with van der Waals surface area (Å²) in [5.74, 6) is 0. The van der Waals surface area contributed by atoms with Crippen molar-refractivity contribution < 1.29 is 0 Å². The van der Waals surface area contributed by atoms with Crippen LogP contribution in [-0.2, 0) is 0 Å². The Balaban J connectivity index is 0.000000640. The molecule has 50 valence electrons. The van der Waals surface area contributed by atoms with E-state index in [0.717, 1.165) is 5.56 Å². The van der Waals surface area contributed by atoms with Gasteiger partial charge in [0.2, 0.25) is 0 Å². The van der Waals surface area contributed by atoms with Gasteiger partial charge in [-0.1, -0.05) is 0 Å². The van der Waals surface area contributed by atoms with Crippen molar-refractivity contribution in [3.63, 3.8) is 0 Å². The lowest BCUT2D eigenvalue weighted by Gasteiger charge is -1.83. The van der Waals surface area contributed by atoms with Gasteiger partial charge in [0, 0.05) is 12.4 Å². The average Bonchev–Trinajstić information content (AvgIpc) is 1.77. The molecule has 0 aliphatic rings. The Bertz CT molecular complexity index is 212. The number of nitrogens with one attached hydrogen (secondary N) is 1. The first-order valence-corrected chi connectivity index (χ1v) is 2.30. The molecule has 1 heterocycles. The van der Waals surface area contributed by atoms with E-state index in [1.807, 2.05) is 6.92 Å². The molecule has 0 atom stereocenters. The Hall–Kier alpha value is -0.830. The lowest BCUT2D eigenvalue weighted by atomic mass is 10.4. The van der Waals surface area contributed by atoms with Crippen LogP contribution in [0.25, 0.3) is 0 Å². The van der Waals surface area contributed by atoms with Crippen LogP contribution in [0.1, 0.15) is 5.56 Å².